The molecule has 1 aromatic carbocycles. The summed E-state index contributed by atoms with van der Waals surface area (Å²) in [6.07, 6.45) is 3.02. The van der Waals surface area contributed by atoms with Crippen LogP contribution in [0.3, 0.4) is 0 Å². The van der Waals surface area contributed by atoms with Gasteiger partial charge in [0.15, 0.2) is 0 Å². The molecule has 0 bridgehead atoms. The Morgan fingerprint density at radius 3 is 2.61 bits per heavy atom. The lowest BCUT2D eigenvalue weighted by atomic mass is 10.0. The van der Waals surface area contributed by atoms with Gasteiger partial charge in [-0.1, -0.05) is 35.9 Å². The maximum atomic E-state index is 13.1. The number of hydrogen-bond acceptors (Lipinski definition) is 5. The van der Waals surface area contributed by atoms with E-state index in [0.29, 0.717) is 16.0 Å². The van der Waals surface area contributed by atoms with Crippen molar-refractivity contribution in [3.05, 3.63) is 75.8 Å². The fraction of sp³-hybridized carbons (Fsp3) is 0.143. The number of nitrogens with one attached hydrogen (secondary N) is 1. The molecule has 3 aromatic heterocycles. The first-order valence-corrected chi connectivity index (χ1v) is 9.61. The van der Waals surface area contributed by atoms with Gasteiger partial charge in [-0.15, -0.1) is 11.3 Å². The molecule has 0 spiro atoms. The van der Waals surface area contributed by atoms with Crippen LogP contribution in [-0.2, 0) is 11.3 Å². The number of fused-ring (bicyclic) bond motifs is 1. The highest BCUT2D eigenvalue weighted by atomic mass is 32.1. The topological polar surface area (TPSA) is 76.9 Å². The van der Waals surface area contributed by atoms with Crippen LogP contribution in [0, 0.1) is 13.8 Å². The summed E-state index contributed by atoms with van der Waals surface area (Å²) >= 11 is 1.49. The van der Waals surface area contributed by atoms with Crippen molar-refractivity contribution in [3.8, 4) is 11.1 Å². The minimum Gasteiger partial charge on any atom is -0.309 e. The molecule has 7 heteroatoms. The number of carbonyl (C=O) groups excluding carboxylic acids is 1. The maximum Gasteiger partial charge on any atom is 0.263 e. The smallest absolute Gasteiger partial charge is 0.263 e. The second-order valence-corrected chi connectivity index (χ2v) is 7.72. The third kappa shape index (κ3) is 3.44. The molecule has 0 aliphatic rings. The monoisotopic (exact) mass is 390 g/mol. The summed E-state index contributed by atoms with van der Waals surface area (Å²) in [5.74, 6) is 0.118. The molecule has 6 nitrogen and oxygen atoms in total. The van der Waals surface area contributed by atoms with Crippen molar-refractivity contribution in [1.82, 2.24) is 14.5 Å². The molecule has 1 N–H and O–H groups in total. The summed E-state index contributed by atoms with van der Waals surface area (Å²) in [5, 5.41) is 3.24. The molecule has 4 rings (SSSR count). The van der Waals surface area contributed by atoms with E-state index in [1.807, 2.05) is 38.1 Å². The Kier molecular flexibility index (Phi) is 4.75. The number of aromatic nitrogens is 3. The number of amides is 1. The van der Waals surface area contributed by atoms with Gasteiger partial charge in [-0.25, -0.2) is 9.97 Å². The summed E-state index contributed by atoms with van der Waals surface area (Å²) in [6.45, 7) is 3.89. The van der Waals surface area contributed by atoms with Crippen molar-refractivity contribution in [2.24, 2.45) is 0 Å². The lowest BCUT2D eigenvalue weighted by Gasteiger charge is -2.07. The molecule has 1 amide bonds. The third-order valence-electron chi connectivity index (χ3n) is 4.44. The predicted octanol–water partition coefficient (Wildman–Crippen LogP) is 3.78. The van der Waals surface area contributed by atoms with E-state index in [1.54, 1.807) is 24.4 Å². The standard InChI is InChI=1S/C21H18N4O2S/c1-13-6-8-15(9-7-13)18-14(2)28-20-19(18)21(27)25(12-23-20)11-17(26)24-16-5-3-4-10-22-16/h3-10,12H,11H2,1-2H3,(H,22,24,26). The SMILES string of the molecule is Cc1ccc(-c2c(C)sc3ncn(CC(=O)Nc4ccccn4)c(=O)c23)cc1. The van der Waals surface area contributed by atoms with Gasteiger partial charge in [0.1, 0.15) is 17.2 Å². The van der Waals surface area contributed by atoms with Crippen LogP contribution in [-0.4, -0.2) is 20.4 Å². The normalized spacial score (nSPS) is 10.9. The van der Waals surface area contributed by atoms with Crippen molar-refractivity contribution in [2.75, 3.05) is 5.32 Å². The average molecular weight is 390 g/mol. The molecule has 0 saturated heterocycles. The van der Waals surface area contributed by atoms with Gasteiger partial charge in [0, 0.05) is 16.6 Å². The predicted molar refractivity (Wildman–Crippen MR) is 112 cm³/mol. The minimum absolute atomic E-state index is 0.124. The summed E-state index contributed by atoms with van der Waals surface area (Å²) < 4.78 is 1.34. The van der Waals surface area contributed by atoms with Crippen molar-refractivity contribution in [2.45, 2.75) is 20.4 Å². The molecular formula is C21H18N4O2S. The van der Waals surface area contributed by atoms with Gasteiger partial charge in [0.25, 0.3) is 5.56 Å². The fourth-order valence-electron chi connectivity index (χ4n) is 3.09. The van der Waals surface area contributed by atoms with Crippen LogP contribution < -0.4 is 10.9 Å². The molecule has 0 unspecified atom stereocenters. The third-order valence-corrected chi connectivity index (χ3v) is 5.45. The van der Waals surface area contributed by atoms with Gasteiger partial charge in [-0.3, -0.25) is 14.2 Å². The van der Waals surface area contributed by atoms with Crippen molar-refractivity contribution in [1.29, 1.82) is 0 Å². The first kappa shape index (κ1) is 18.1. The van der Waals surface area contributed by atoms with Crippen LogP contribution in [0.15, 0.2) is 59.8 Å². The number of benzene rings is 1. The molecule has 0 radical (unpaired) electrons. The highest BCUT2D eigenvalue weighted by molar-refractivity contribution is 7.19. The van der Waals surface area contributed by atoms with Gasteiger partial charge >= 0.3 is 0 Å². The van der Waals surface area contributed by atoms with Crippen LogP contribution >= 0.6 is 11.3 Å². The Hall–Kier alpha value is -3.32. The average Bonchev–Trinajstić information content (AvgIpc) is 3.02. The fourth-order valence-corrected chi connectivity index (χ4v) is 4.10. The Labute approximate surface area is 165 Å². The summed E-state index contributed by atoms with van der Waals surface area (Å²) in [6, 6.07) is 13.3. The Balaban J connectivity index is 1.72. The van der Waals surface area contributed by atoms with Crippen molar-refractivity contribution >= 4 is 33.3 Å². The molecule has 0 atom stereocenters. The van der Waals surface area contributed by atoms with E-state index in [1.165, 1.54) is 22.2 Å². The quantitative estimate of drug-likeness (QED) is 0.575. The zero-order chi connectivity index (χ0) is 19.7. The van der Waals surface area contributed by atoms with E-state index in [0.717, 1.165) is 21.6 Å². The highest BCUT2D eigenvalue weighted by Crippen LogP contribution is 2.35. The molecule has 4 aromatic rings. The lowest BCUT2D eigenvalue weighted by Crippen LogP contribution is -2.28. The van der Waals surface area contributed by atoms with Crippen LogP contribution in [0.4, 0.5) is 5.82 Å². The summed E-state index contributed by atoms with van der Waals surface area (Å²) in [7, 11) is 0. The van der Waals surface area contributed by atoms with Crippen molar-refractivity contribution < 1.29 is 4.79 Å². The highest BCUT2D eigenvalue weighted by Gasteiger charge is 2.17. The van der Waals surface area contributed by atoms with E-state index in [2.05, 4.69) is 15.3 Å². The molecule has 0 aliphatic carbocycles. The molecule has 0 aliphatic heterocycles. The molecule has 0 saturated carbocycles. The van der Waals surface area contributed by atoms with E-state index in [9.17, 15) is 9.59 Å². The molecule has 0 fully saturated rings. The van der Waals surface area contributed by atoms with Gasteiger partial charge < -0.3 is 5.32 Å². The summed E-state index contributed by atoms with van der Waals surface area (Å²) in [4.78, 5) is 35.6. The minimum atomic E-state index is -0.328. The lowest BCUT2D eigenvalue weighted by molar-refractivity contribution is -0.116. The van der Waals surface area contributed by atoms with Gasteiger partial charge in [-0.05, 0) is 31.5 Å². The molecule has 3 heterocycles. The van der Waals surface area contributed by atoms with E-state index < -0.39 is 0 Å². The zero-order valence-electron chi connectivity index (χ0n) is 15.5. The van der Waals surface area contributed by atoms with Crippen molar-refractivity contribution in [3.63, 3.8) is 0 Å². The zero-order valence-corrected chi connectivity index (χ0v) is 16.3. The first-order valence-electron chi connectivity index (χ1n) is 8.79. The van der Waals surface area contributed by atoms with Crippen LogP contribution in [0.1, 0.15) is 10.4 Å². The molecule has 28 heavy (non-hydrogen) atoms. The van der Waals surface area contributed by atoms with Gasteiger partial charge in [0.05, 0.1) is 11.7 Å². The Bertz CT molecular complexity index is 1210. The second-order valence-electron chi connectivity index (χ2n) is 6.52. The molecule has 140 valence electrons. The van der Waals surface area contributed by atoms with Crippen LogP contribution in [0.2, 0.25) is 0 Å². The second kappa shape index (κ2) is 7.36. The van der Waals surface area contributed by atoms with Crippen LogP contribution in [0.5, 0.6) is 0 Å². The number of nitrogens with zero attached hydrogens (tertiary/aromatic N) is 3. The number of rotatable bonds is 4. The number of pyridine rings is 1. The van der Waals surface area contributed by atoms with Gasteiger partial charge in [-0.2, -0.15) is 0 Å². The number of anilines is 1. The van der Waals surface area contributed by atoms with E-state index in [-0.39, 0.29) is 18.0 Å². The first-order chi connectivity index (χ1) is 13.5. The largest absolute Gasteiger partial charge is 0.309 e. The van der Waals surface area contributed by atoms with E-state index >= 15 is 0 Å². The number of hydrogen-bond donors (Lipinski definition) is 1. The van der Waals surface area contributed by atoms with Crippen LogP contribution in [0.25, 0.3) is 21.3 Å². The number of carbonyl (C=O) groups is 1. The molecular weight excluding hydrogens is 372 g/mol. The number of aryl methyl sites for hydroxylation is 2. The maximum absolute atomic E-state index is 13.1. The Morgan fingerprint density at radius 2 is 1.89 bits per heavy atom. The van der Waals surface area contributed by atoms with E-state index in [4.69, 9.17) is 0 Å². The number of thiophene rings is 1. The van der Waals surface area contributed by atoms with Gasteiger partial charge in [0.2, 0.25) is 5.91 Å². The Morgan fingerprint density at radius 1 is 1.11 bits per heavy atom. The summed E-state index contributed by atoms with van der Waals surface area (Å²) in [5.41, 5.74) is 2.80.